The molecule has 21 heteroatoms. The van der Waals surface area contributed by atoms with Gasteiger partial charge in [0.1, 0.15) is 40.3 Å². The van der Waals surface area contributed by atoms with E-state index in [-0.39, 0.29) is 71.9 Å². The molecule has 470 valence electrons. The van der Waals surface area contributed by atoms with Crippen LogP contribution >= 0.6 is 11.3 Å². The number of benzene rings is 3. The van der Waals surface area contributed by atoms with Gasteiger partial charge in [-0.3, -0.25) is 19.5 Å². The van der Waals surface area contributed by atoms with Crippen LogP contribution in [0.2, 0.25) is 0 Å². The number of anilines is 3. The highest BCUT2D eigenvalue weighted by Crippen LogP contribution is 2.43. The van der Waals surface area contributed by atoms with Gasteiger partial charge in [0, 0.05) is 82.5 Å². The maximum absolute atomic E-state index is 17.5. The predicted molar refractivity (Wildman–Crippen MR) is 343 cm³/mol. The second kappa shape index (κ2) is 24.4. The van der Waals surface area contributed by atoms with E-state index in [1.165, 1.54) is 4.90 Å². The van der Waals surface area contributed by atoms with Crippen LogP contribution in [0.1, 0.15) is 122 Å². The molecule has 6 aliphatic heterocycles. The summed E-state index contributed by atoms with van der Waals surface area (Å²) in [5.74, 6) is 1.93. The molecular weight excluding hydrogens is 1150 g/mol. The highest BCUT2D eigenvalue weighted by atomic mass is 32.1. The number of thiazole rings is 1. The minimum Gasteiger partial charge on any atom is -0.508 e. The van der Waals surface area contributed by atoms with Gasteiger partial charge in [0.05, 0.1) is 45.7 Å². The minimum absolute atomic E-state index is 0.0332. The number of aryl methyl sites for hydroxylation is 2. The third kappa shape index (κ3) is 12.1. The number of piperazine rings is 1. The molecular formula is C68H83FN12O7S. The number of aliphatic hydroxyl groups excluding tert-OH is 1. The number of nitrogens with one attached hydrogen (secondary N) is 1. The molecule has 2 bridgehead atoms. The van der Waals surface area contributed by atoms with Crippen molar-refractivity contribution >= 4 is 68.5 Å². The van der Waals surface area contributed by atoms with Gasteiger partial charge in [-0.1, -0.05) is 68.4 Å². The highest BCUT2D eigenvalue weighted by molar-refractivity contribution is 7.13. The summed E-state index contributed by atoms with van der Waals surface area (Å²) in [6, 6.07) is 17.9. The van der Waals surface area contributed by atoms with Crippen molar-refractivity contribution in [3.63, 3.8) is 0 Å². The van der Waals surface area contributed by atoms with E-state index in [0.29, 0.717) is 59.3 Å². The molecule has 3 N–H and O–H groups in total. The van der Waals surface area contributed by atoms with E-state index in [0.717, 1.165) is 128 Å². The lowest BCUT2D eigenvalue weighted by molar-refractivity contribution is -0.141. The number of nitrogens with zero attached hydrogens (tertiary/aromatic N) is 11. The zero-order chi connectivity index (χ0) is 62.2. The Labute approximate surface area is 523 Å². The molecule has 0 aliphatic carbocycles. The lowest BCUT2D eigenvalue weighted by Gasteiger charge is -2.45. The van der Waals surface area contributed by atoms with Crippen LogP contribution in [-0.2, 0) is 20.7 Å². The smallest absolute Gasteiger partial charge is 0.410 e. The molecule has 6 aliphatic rings. The first-order chi connectivity index (χ1) is 42.7. The number of aromatic nitrogens is 5. The van der Waals surface area contributed by atoms with Crippen molar-refractivity contribution in [2.75, 3.05) is 80.1 Å². The number of halogens is 1. The van der Waals surface area contributed by atoms with E-state index in [9.17, 15) is 24.6 Å². The Kier molecular flexibility index (Phi) is 16.5. The van der Waals surface area contributed by atoms with Crippen molar-refractivity contribution in [2.45, 2.75) is 142 Å². The first-order valence-corrected chi connectivity index (χ1v) is 33.0. The Morgan fingerprint density at radius 3 is 2.28 bits per heavy atom. The second-order valence-corrected chi connectivity index (χ2v) is 28.3. The van der Waals surface area contributed by atoms with Gasteiger partial charge in [-0.05, 0) is 144 Å². The van der Waals surface area contributed by atoms with Crippen LogP contribution < -0.4 is 20.0 Å². The number of amides is 3. The number of ether oxygens (including phenoxy) is 1. The van der Waals surface area contributed by atoms with E-state index in [4.69, 9.17) is 24.2 Å². The molecule has 3 amide bonds. The van der Waals surface area contributed by atoms with Crippen molar-refractivity contribution < 1.29 is 38.2 Å². The first-order valence-electron chi connectivity index (χ1n) is 32.1. The number of carbonyl (C=O) groups is 3. The molecule has 7 aromatic rings. The van der Waals surface area contributed by atoms with Crippen LogP contribution in [0.5, 0.6) is 5.75 Å². The Bertz CT molecular complexity index is 3760. The topological polar surface area (TPSA) is 210 Å². The zero-order valence-corrected chi connectivity index (χ0v) is 53.2. The molecule has 89 heavy (non-hydrogen) atoms. The fourth-order valence-electron chi connectivity index (χ4n) is 14.9. The van der Waals surface area contributed by atoms with Gasteiger partial charge in [-0.2, -0.15) is 4.98 Å². The summed E-state index contributed by atoms with van der Waals surface area (Å²) in [5.41, 5.74) is 6.07. The lowest BCUT2D eigenvalue weighted by atomic mass is 9.83. The molecule has 0 radical (unpaired) electrons. The molecule has 3 aromatic carbocycles. The number of phenols is 1. The Balaban J connectivity index is 0.617. The van der Waals surface area contributed by atoms with Crippen LogP contribution in [0.4, 0.5) is 26.8 Å². The Morgan fingerprint density at radius 2 is 1.60 bits per heavy atom. The molecule has 4 unspecified atom stereocenters. The maximum atomic E-state index is 17.5. The number of likely N-dealkylation sites (tertiary alicyclic amines) is 2. The van der Waals surface area contributed by atoms with Gasteiger partial charge < -0.3 is 49.3 Å². The first kappa shape index (κ1) is 60.4. The van der Waals surface area contributed by atoms with Gasteiger partial charge in [0.15, 0.2) is 17.4 Å². The van der Waals surface area contributed by atoms with E-state index < -0.39 is 29.5 Å². The summed E-state index contributed by atoms with van der Waals surface area (Å²) < 4.78 is 29.4. The predicted octanol–water partition coefficient (Wildman–Crippen LogP) is 10.5. The van der Waals surface area contributed by atoms with Crippen LogP contribution in [0.15, 0.2) is 76.9 Å². The fraction of sp³-hybridized carbons (Fsp3) is 0.529. The minimum atomic E-state index is -0.819. The quantitative estimate of drug-likeness (QED) is 0.0822. The number of β-amino-alcohol motifs (C(OH)–C–C–N with tert-alkyl or cyclic N) is 1. The Morgan fingerprint density at radius 1 is 0.865 bits per heavy atom. The number of piperidine rings is 1. The van der Waals surface area contributed by atoms with Crippen molar-refractivity contribution in [1.82, 2.24) is 45.1 Å². The van der Waals surface area contributed by atoms with Gasteiger partial charge in [-0.15, -0.1) is 11.3 Å². The highest BCUT2D eigenvalue weighted by Gasteiger charge is 2.47. The summed E-state index contributed by atoms with van der Waals surface area (Å²) >= 11 is 1.59. The molecule has 13 rings (SSSR count). The van der Waals surface area contributed by atoms with Gasteiger partial charge >= 0.3 is 6.09 Å². The molecule has 6 fully saturated rings. The van der Waals surface area contributed by atoms with Crippen molar-refractivity contribution in [1.29, 1.82) is 0 Å². The van der Waals surface area contributed by atoms with Crippen molar-refractivity contribution in [3.8, 4) is 27.4 Å². The van der Waals surface area contributed by atoms with Gasteiger partial charge in [0.2, 0.25) is 17.8 Å². The molecule has 0 saturated carbocycles. The number of pyridine rings is 1. The number of phenolic OH excluding ortho intramolecular Hbond substituents is 1. The summed E-state index contributed by atoms with van der Waals surface area (Å²) in [5, 5.41) is 31.5. The number of carbonyl (C=O) groups excluding carboxylic acids is 3. The third-order valence-corrected chi connectivity index (χ3v) is 20.5. The van der Waals surface area contributed by atoms with Gasteiger partial charge in [-0.25, -0.2) is 19.2 Å². The molecule has 10 heterocycles. The summed E-state index contributed by atoms with van der Waals surface area (Å²) in [6.07, 6.45) is 6.52. The third-order valence-electron chi connectivity index (χ3n) is 19.5. The molecule has 6 atom stereocenters. The standard InChI is InChI=1S/C68H83FN12O7S/c1-9-44-11-10-12-47-24-50(82)25-52(58(44)47)60-59(69)61-53(28-70-60)63(78-34-48-17-18-49(35-78)81(48)67(86)87-68(6,7)8)74-66(73-61)79-32-43(33-79)29-76-21-19-41(20-22-76)23-42-30-77(31-42)56-27-55(88-75-56)57(38(2)3)65(85)80-36-51(83)26-54(80)64(84)72-39(4)45-13-15-46(16-14-45)62-40(5)71-37-89-62/h10-16,24-25,27-28,37-39,41-43,48-49,51,54,57,82-83H,9,17-23,26,29-36H2,1-8H3,(H,72,84)/t39?,48?,49?,51-,54+,57?/m1/s1. The van der Waals surface area contributed by atoms with Crippen LogP contribution in [0, 0.1) is 36.4 Å². The monoisotopic (exact) mass is 1230 g/mol. The Hall–Kier alpha value is -7.49. The van der Waals surface area contributed by atoms with E-state index in [2.05, 4.69) is 42.0 Å². The normalized spacial score (nSPS) is 21.9. The zero-order valence-electron chi connectivity index (χ0n) is 52.4. The number of hydrogen-bond acceptors (Lipinski definition) is 17. The average Bonchev–Trinajstić information content (AvgIpc) is 1.31. The maximum Gasteiger partial charge on any atom is 0.410 e. The molecule has 6 saturated heterocycles. The van der Waals surface area contributed by atoms with Gasteiger partial charge in [0.25, 0.3) is 0 Å². The fourth-order valence-corrected chi connectivity index (χ4v) is 15.8. The van der Waals surface area contributed by atoms with Crippen molar-refractivity contribution in [2.24, 2.45) is 23.7 Å². The molecule has 0 spiro atoms. The summed E-state index contributed by atoms with van der Waals surface area (Å²) in [4.78, 5) is 74.9. The van der Waals surface area contributed by atoms with E-state index in [1.807, 2.05) is 107 Å². The largest absolute Gasteiger partial charge is 0.508 e. The molecule has 19 nitrogen and oxygen atoms in total. The number of fused-ring (bicyclic) bond motifs is 4. The number of aliphatic hydroxyl groups is 1. The van der Waals surface area contributed by atoms with Crippen LogP contribution in [0.25, 0.3) is 43.4 Å². The second-order valence-electron chi connectivity index (χ2n) is 27.4. The average molecular weight is 1230 g/mol. The van der Waals surface area contributed by atoms with Crippen LogP contribution in [0.3, 0.4) is 0 Å². The van der Waals surface area contributed by atoms with Crippen molar-refractivity contribution in [3.05, 3.63) is 101 Å². The van der Waals surface area contributed by atoms with Crippen LogP contribution in [-0.4, -0.2) is 163 Å². The number of hydrogen-bond donors (Lipinski definition) is 3. The lowest BCUT2D eigenvalue weighted by Crippen LogP contribution is -2.57. The number of rotatable bonds is 16. The SMILES string of the molecule is CCc1cccc2cc(O)cc(-c3ncc4c(N5CC6CCC(C5)N6C(=O)OC(C)(C)C)nc(N5CC(CN6CCC(CC7CN(c8cc(C(C(=O)N9C[C@H](O)C[C@H]9C(=O)NC(C)c9ccc(-c%10scnc%10C)cc9)C(C)C)on8)C7)CC6)C5)nc4c3F)c12. The summed E-state index contributed by atoms with van der Waals surface area (Å²) in [6.45, 7) is 23.0. The van der Waals surface area contributed by atoms with E-state index in [1.54, 1.807) is 29.7 Å². The summed E-state index contributed by atoms with van der Waals surface area (Å²) in [7, 11) is 0. The van der Waals surface area contributed by atoms with E-state index >= 15 is 4.39 Å². The number of aromatic hydroxyl groups is 1. The molecule has 4 aromatic heterocycles.